The first-order valence-electron chi connectivity index (χ1n) is 8.86. The van der Waals surface area contributed by atoms with E-state index in [1.165, 1.54) is 18.6 Å². The third kappa shape index (κ3) is 3.08. The van der Waals surface area contributed by atoms with E-state index < -0.39 is 4.92 Å². The molecule has 1 N–H and O–H groups in total. The summed E-state index contributed by atoms with van der Waals surface area (Å²) in [4.78, 5) is 25.0. The molecule has 3 heterocycles. The van der Waals surface area contributed by atoms with Crippen LogP contribution in [0.5, 0.6) is 0 Å². The van der Waals surface area contributed by atoms with Gasteiger partial charge in [-0.1, -0.05) is 0 Å². The number of nitrogens with one attached hydrogen (secondary N) is 1. The number of piperidine rings is 1. The molecular formula is C18H21N5O3. The Morgan fingerprint density at radius 3 is 2.54 bits per heavy atom. The van der Waals surface area contributed by atoms with Crippen LogP contribution in [0.1, 0.15) is 29.6 Å². The van der Waals surface area contributed by atoms with Gasteiger partial charge in [-0.25, -0.2) is 4.68 Å². The van der Waals surface area contributed by atoms with Crippen LogP contribution in [0.3, 0.4) is 0 Å². The van der Waals surface area contributed by atoms with Crippen molar-refractivity contribution in [3.8, 4) is 5.69 Å². The second kappa shape index (κ2) is 6.53. The fourth-order valence-electron chi connectivity index (χ4n) is 3.89. The number of rotatable bonds is 3. The lowest BCUT2D eigenvalue weighted by Gasteiger charge is -2.38. The molecule has 2 aromatic rings. The summed E-state index contributed by atoms with van der Waals surface area (Å²) in [5.74, 6) is -0.000956. The van der Waals surface area contributed by atoms with E-state index in [1.807, 2.05) is 4.90 Å². The van der Waals surface area contributed by atoms with Crippen molar-refractivity contribution in [3.63, 3.8) is 0 Å². The summed E-state index contributed by atoms with van der Waals surface area (Å²) in [6.45, 7) is 3.70. The highest BCUT2D eigenvalue weighted by Gasteiger charge is 2.38. The van der Waals surface area contributed by atoms with Crippen LogP contribution < -0.4 is 5.32 Å². The molecule has 2 fully saturated rings. The van der Waals surface area contributed by atoms with E-state index in [0.29, 0.717) is 16.7 Å². The Labute approximate surface area is 150 Å². The highest BCUT2D eigenvalue weighted by Crippen LogP contribution is 2.37. The third-order valence-corrected chi connectivity index (χ3v) is 5.60. The minimum absolute atomic E-state index is 0.000956. The molecule has 0 bridgehead atoms. The molecule has 0 aliphatic carbocycles. The molecule has 0 radical (unpaired) electrons. The first-order chi connectivity index (χ1) is 12.6. The Morgan fingerprint density at radius 1 is 1.19 bits per heavy atom. The number of non-ortho nitro benzene ring substituents is 1. The number of carbonyl (C=O) groups is 1. The highest BCUT2D eigenvalue weighted by molar-refractivity contribution is 5.93. The zero-order valence-corrected chi connectivity index (χ0v) is 14.4. The number of nitrogens with zero attached hydrogens (tertiary/aromatic N) is 4. The van der Waals surface area contributed by atoms with Gasteiger partial charge in [0.15, 0.2) is 0 Å². The minimum Gasteiger partial charge on any atom is -0.339 e. The smallest absolute Gasteiger partial charge is 0.269 e. The summed E-state index contributed by atoms with van der Waals surface area (Å²) < 4.78 is 1.57. The van der Waals surface area contributed by atoms with Crippen molar-refractivity contribution in [3.05, 3.63) is 52.3 Å². The van der Waals surface area contributed by atoms with Crippen molar-refractivity contribution < 1.29 is 9.72 Å². The SMILES string of the molecule is O=C(c1cnn(-c2ccc([N+](=O)[O-])cc2)c1)N1CCC2(CCNC2)CC1. The molecule has 0 unspecified atom stereocenters. The van der Waals surface area contributed by atoms with Crippen LogP contribution in [0.15, 0.2) is 36.7 Å². The molecule has 26 heavy (non-hydrogen) atoms. The van der Waals surface area contributed by atoms with Gasteiger partial charge >= 0.3 is 0 Å². The fourth-order valence-corrected chi connectivity index (χ4v) is 3.89. The van der Waals surface area contributed by atoms with E-state index in [9.17, 15) is 14.9 Å². The molecular weight excluding hydrogens is 334 g/mol. The quantitative estimate of drug-likeness (QED) is 0.671. The van der Waals surface area contributed by atoms with Gasteiger partial charge in [-0.3, -0.25) is 14.9 Å². The Kier molecular flexibility index (Phi) is 4.20. The lowest BCUT2D eigenvalue weighted by Crippen LogP contribution is -2.43. The number of benzene rings is 1. The molecule has 8 heteroatoms. The van der Waals surface area contributed by atoms with E-state index in [4.69, 9.17) is 0 Å². The van der Waals surface area contributed by atoms with Crippen molar-refractivity contribution in [2.75, 3.05) is 26.2 Å². The third-order valence-electron chi connectivity index (χ3n) is 5.60. The molecule has 2 aliphatic heterocycles. The van der Waals surface area contributed by atoms with Gasteiger partial charge in [-0.15, -0.1) is 0 Å². The molecule has 2 saturated heterocycles. The highest BCUT2D eigenvalue weighted by atomic mass is 16.6. The van der Waals surface area contributed by atoms with Crippen LogP contribution in [0.4, 0.5) is 5.69 Å². The van der Waals surface area contributed by atoms with Crippen LogP contribution >= 0.6 is 0 Å². The van der Waals surface area contributed by atoms with E-state index in [2.05, 4.69) is 10.4 Å². The zero-order valence-electron chi connectivity index (χ0n) is 14.4. The van der Waals surface area contributed by atoms with Gasteiger partial charge in [0.2, 0.25) is 0 Å². The second-order valence-electron chi connectivity index (χ2n) is 7.17. The van der Waals surface area contributed by atoms with Crippen molar-refractivity contribution in [1.82, 2.24) is 20.0 Å². The Balaban J connectivity index is 1.44. The van der Waals surface area contributed by atoms with Gasteiger partial charge in [0.05, 0.1) is 22.4 Å². The van der Waals surface area contributed by atoms with Crippen LogP contribution in [0, 0.1) is 15.5 Å². The molecule has 4 rings (SSSR count). The molecule has 1 aromatic carbocycles. The topological polar surface area (TPSA) is 93.3 Å². The summed E-state index contributed by atoms with van der Waals surface area (Å²) in [6, 6.07) is 6.10. The largest absolute Gasteiger partial charge is 0.339 e. The van der Waals surface area contributed by atoms with Gasteiger partial charge in [0, 0.05) is 38.0 Å². The number of carbonyl (C=O) groups excluding carboxylic acids is 1. The van der Waals surface area contributed by atoms with Crippen molar-refractivity contribution in [1.29, 1.82) is 0 Å². The number of hydrogen-bond acceptors (Lipinski definition) is 5. The average molecular weight is 355 g/mol. The van der Waals surface area contributed by atoms with Gasteiger partial charge in [-0.05, 0) is 43.4 Å². The van der Waals surface area contributed by atoms with Crippen LogP contribution in [-0.2, 0) is 0 Å². The molecule has 8 nitrogen and oxygen atoms in total. The number of nitro groups is 1. The number of hydrogen-bond donors (Lipinski definition) is 1. The summed E-state index contributed by atoms with van der Waals surface area (Å²) in [7, 11) is 0. The normalized spacial score (nSPS) is 19.0. The maximum absolute atomic E-state index is 12.8. The zero-order chi connectivity index (χ0) is 18.1. The Hall–Kier alpha value is -2.74. The van der Waals surface area contributed by atoms with E-state index >= 15 is 0 Å². The van der Waals surface area contributed by atoms with Crippen LogP contribution in [0.2, 0.25) is 0 Å². The first kappa shape index (κ1) is 16.7. The molecule has 1 spiro atoms. The first-order valence-corrected chi connectivity index (χ1v) is 8.86. The maximum Gasteiger partial charge on any atom is 0.269 e. The number of aromatic nitrogens is 2. The van der Waals surface area contributed by atoms with Gasteiger partial charge in [0.1, 0.15) is 0 Å². The standard InChI is InChI=1S/C18H21N5O3/c24-17(21-9-6-18(7-10-21)5-8-19-13-18)14-11-20-22(12-14)15-1-3-16(4-2-15)23(25)26/h1-4,11-12,19H,5-10,13H2. The summed E-state index contributed by atoms with van der Waals surface area (Å²) in [5, 5.41) is 18.4. The maximum atomic E-state index is 12.8. The lowest BCUT2D eigenvalue weighted by molar-refractivity contribution is -0.384. The molecule has 2 aliphatic rings. The molecule has 1 aromatic heterocycles. The van der Waals surface area contributed by atoms with Gasteiger partial charge in [-0.2, -0.15) is 5.10 Å². The van der Waals surface area contributed by atoms with Crippen LogP contribution in [-0.4, -0.2) is 51.7 Å². The molecule has 136 valence electrons. The molecule has 1 amide bonds. The lowest BCUT2D eigenvalue weighted by atomic mass is 9.78. The van der Waals surface area contributed by atoms with Gasteiger partial charge < -0.3 is 10.2 Å². The monoisotopic (exact) mass is 355 g/mol. The summed E-state index contributed by atoms with van der Waals surface area (Å²) in [6.07, 6.45) is 6.54. The van der Waals surface area contributed by atoms with E-state index in [1.54, 1.807) is 29.2 Å². The second-order valence-corrected chi connectivity index (χ2v) is 7.17. The van der Waals surface area contributed by atoms with Crippen LogP contribution in [0.25, 0.3) is 5.69 Å². The van der Waals surface area contributed by atoms with Crippen molar-refractivity contribution >= 4 is 11.6 Å². The predicted octanol–water partition coefficient (Wildman–Crippen LogP) is 2.00. The summed E-state index contributed by atoms with van der Waals surface area (Å²) >= 11 is 0. The number of amides is 1. The Bertz CT molecular complexity index is 814. The average Bonchev–Trinajstić information content (AvgIpc) is 3.32. The molecule has 0 saturated carbocycles. The van der Waals surface area contributed by atoms with Crippen molar-refractivity contribution in [2.24, 2.45) is 5.41 Å². The van der Waals surface area contributed by atoms with Gasteiger partial charge in [0.25, 0.3) is 11.6 Å². The van der Waals surface area contributed by atoms with E-state index in [-0.39, 0.29) is 11.6 Å². The van der Waals surface area contributed by atoms with E-state index in [0.717, 1.165) is 39.0 Å². The summed E-state index contributed by atoms with van der Waals surface area (Å²) in [5.41, 5.74) is 1.63. The number of nitro benzene ring substituents is 1. The predicted molar refractivity (Wildman–Crippen MR) is 95.3 cm³/mol. The van der Waals surface area contributed by atoms with Crippen molar-refractivity contribution in [2.45, 2.75) is 19.3 Å². The molecule has 0 atom stereocenters. The fraction of sp³-hybridized carbons (Fsp3) is 0.444. The Morgan fingerprint density at radius 2 is 1.92 bits per heavy atom. The minimum atomic E-state index is -0.440. The number of likely N-dealkylation sites (tertiary alicyclic amines) is 1.